The molecule has 1 atom stereocenters. The van der Waals surface area contributed by atoms with Gasteiger partial charge >= 0.3 is 5.97 Å². The lowest BCUT2D eigenvalue weighted by Crippen LogP contribution is -2.39. The second kappa shape index (κ2) is 9.76. The molecule has 1 aromatic rings. The molecule has 1 N–H and O–H groups in total. The van der Waals surface area contributed by atoms with Crippen molar-refractivity contribution in [2.45, 2.75) is 77.7 Å². The third kappa shape index (κ3) is 4.77. The lowest BCUT2D eigenvalue weighted by atomic mass is 9.68. The second-order valence-corrected chi connectivity index (χ2v) is 11.2. The first kappa shape index (κ1) is 24.8. The van der Waals surface area contributed by atoms with E-state index in [4.69, 9.17) is 14.2 Å². The molecule has 0 unspecified atom stereocenters. The Morgan fingerprint density at radius 3 is 2.35 bits per heavy atom. The van der Waals surface area contributed by atoms with Gasteiger partial charge in [0.15, 0.2) is 17.3 Å². The van der Waals surface area contributed by atoms with Crippen LogP contribution in [0.25, 0.3) is 0 Å². The molecule has 0 amide bonds. The number of carbonyl (C=O) groups excluding carboxylic acids is 2. The Labute approximate surface area is 210 Å². The highest BCUT2D eigenvalue weighted by atomic mass is 79.9. The van der Waals surface area contributed by atoms with Crippen LogP contribution in [0.4, 0.5) is 0 Å². The Hall–Kier alpha value is -2.28. The molecule has 6 nitrogen and oxygen atoms in total. The second-order valence-electron chi connectivity index (χ2n) is 10.3. The van der Waals surface area contributed by atoms with E-state index in [1.54, 1.807) is 14.2 Å². The number of methoxy groups -OCH3 is 2. The number of ether oxygens (including phenoxy) is 3. The van der Waals surface area contributed by atoms with E-state index in [1.165, 1.54) is 6.42 Å². The standard InChI is InChI=1S/C27H34BrNO5/c1-15-23(26(31)34-16-9-7-6-8-10-16)24(17-11-21(32-4)22(33-5)12-18(17)28)25-19(29-15)13-27(2,3)14-20(25)30/h11-12,16,24,29H,6-10,13-14H2,1-5H3/t24-/m1/s1. The van der Waals surface area contributed by atoms with Crippen LogP contribution < -0.4 is 14.8 Å². The molecule has 2 aliphatic carbocycles. The highest BCUT2D eigenvalue weighted by Crippen LogP contribution is 2.50. The third-order valence-corrected chi connectivity index (χ3v) is 7.79. The van der Waals surface area contributed by atoms with E-state index in [0.29, 0.717) is 29.1 Å². The number of rotatable bonds is 5. The van der Waals surface area contributed by atoms with Gasteiger partial charge in [-0.15, -0.1) is 0 Å². The molecule has 184 valence electrons. The Morgan fingerprint density at radius 2 is 1.71 bits per heavy atom. The molecule has 0 radical (unpaired) electrons. The maximum absolute atomic E-state index is 13.6. The van der Waals surface area contributed by atoms with Crippen LogP contribution in [0.2, 0.25) is 0 Å². The molecule has 1 fully saturated rings. The minimum atomic E-state index is -0.551. The zero-order valence-electron chi connectivity index (χ0n) is 20.7. The first-order valence-electron chi connectivity index (χ1n) is 12.0. The van der Waals surface area contributed by atoms with Crippen molar-refractivity contribution in [1.29, 1.82) is 0 Å². The van der Waals surface area contributed by atoms with Crippen molar-refractivity contribution in [3.05, 3.63) is 44.7 Å². The van der Waals surface area contributed by atoms with E-state index in [-0.39, 0.29) is 23.3 Å². The number of halogens is 1. The van der Waals surface area contributed by atoms with Gasteiger partial charge in [-0.2, -0.15) is 0 Å². The maximum atomic E-state index is 13.6. The van der Waals surface area contributed by atoms with Crippen LogP contribution in [-0.4, -0.2) is 32.1 Å². The van der Waals surface area contributed by atoms with E-state index in [9.17, 15) is 9.59 Å². The quantitative estimate of drug-likeness (QED) is 0.473. The molecule has 0 bridgehead atoms. The average molecular weight is 532 g/mol. The van der Waals surface area contributed by atoms with Gasteiger partial charge < -0.3 is 19.5 Å². The zero-order chi connectivity index (χ0) is 24.6. The first-order valence-corrected chi connectivity index (χ1v) is 12.8. The summed E-state index contributed by atoms with van der Waals surface area (Å²) in [5, 5.41) is 3.41. The topological polar surface area (TPSA) is 73.9 Å². The van der Waals surface area contributed by atoms with Crippen LogP contribution in [0, 0.1) is 5.41 Å². The van der Waals surface area contributed by atoms with Crippen molar-refractivity contribution < 1.29 is 23.8 Å². The summed E-state index contributed by atoms with van der Waals surface area (Å²) in [6.07, 6.45) is 6.18. The maximum Gasteiger partial charge on any atom is 0.337 e. The van der Waals surface area contributed by atoms with Gasteiger partial charge in [-0.05, 0) is 62.1 Å². The van der Waals surface area contributed by atoms with Crippen molar-refractivity contribution in [2.75, 3.05) is 14.2 Å². The van der Waals surface area contributed by atoms with Crippen LogP contribution in [0.1, 0.15) is 77.2 Å². The van der Waals surface area contributed by atoms with Crippen LogP contribution in [0.3, 0.4) is 0 Å². The number of Topliss-reactive ketones (excluding diaryl/α,β-unsaturated/α-hetero) is 1. The lowest BCUT2D eigenvalue weighted by molar-refractivity contribution is -0.146. The largest absolute Gasteiger partial charge is 0.493 e. The van der Waals surface area contributed by atoms with Crippen molar-refractivity contribution in [3.63, 3.8) is 0 Å². The summed E-state index contributed by atoms with van der Waals surface area (Å²) >= 11 is 3.68. The highest BCUT2D eigenvalue weighted by molar-refractivity contribution is 9.10. The van der Waals surface area contributed by atoms with Gasteiger partial charge in [-0.25, -0.2) is 4.79 Å². The summed E-state index contributed by atoms with van der Waals surface area (Å²) in [5.41, 5.74) is 3.40. The molecule has 0 saturated heterocycles. The average Bonchev–Trinajstić information content (AvgIpc) is 2.77. The number of hydrogen-bond donors (Lipinski definition) is 1. The number of ketones is 1. The predicted octanol–water partition coefficient (Wildman–Crippen LogP) is 5.95. The minimum absolute atomic E-state index is 0.0564. The van der Waals surface area contributed by atoms with Crippen molar-refractivity contribution in [1.82, 2.24) is 5.32 Å². The van der Waals surface area contributed by atoms with Crippen LogP contribution in [0.15, 0.2) is 39.1 Å². The number of benzene rings is 1. The number of carbonyl (C=O) groups is 2. The number of nitrogens with one attached hydrogen (secondary N) is 1. The molecule has 0 spiro atoms. The number of allylic oxidation sites excluding steroid dienone is 3. The van der Waals surface area contributed by atoms with E-state index in [1.807, 2.05) is 19.1 Å². The predicted molar refractivity (Wildman–Crippen MR) is 134 cm³/mol. The van der Waals surface area contributed by atoms with E-state index < -0.39 is 5.92 Å². The van der Waals surface area contributed by atoms with Crippen LogP contribution in [-0.2, 0) is 14.3 Å². The fraction of sp³-hybridized carbons (Fsp3) is 0.556. The van der Waals surface area contributed by atoms with Gasteiger partial charge in [0.1, 0.15) is 6.10 Å². The lowest BCUT2D eigenvalue weighted by Gasteiger charge is -2.40. The Balaban J connectivity index is 1.84. The van der Waals surface area contributed by atoms with Gasteiger partial charge in [0.25, 0.3) is 0 Å². The van der Waals surface area contributed by atoms with Gasteiger partial charge in [0.2, 0.25) is 0 Å². The molecule has 3 aliphatic rings. The summed E-state index contributed by atoms with van der Waals surface area (Å²) < 4.78 is 17.8. The number of dihydropyridines is 1. The molecule has 1 heterocycles. The number of esters is 1. The molecular formula is C27H34BrNO5. The molecule has 7 heteroatoms. The Kier molecular flexibility index (Phi) is 7.13. The molecule has 1 aliphatic heterocycles. The summed E-state index contributed by atoms with van der Waals surface area (Å²) in [4.78, 5) is 27.2. The zero-order valence-corrected chi connectivity index (χ0v) is 22.3. The van der Waals surface area contributed by atoms with E-state index in [0.717, 1.165) is 53.5 Å². The smallest absolute Gasteiger partial charge is 0.337 e. The van der Waals surface area contributed by atoms with Crippen molar-refractivity contribution in [3.8, 4) is 11.5 Å². The molecule has 34 heavy (non-hydrogen) atoms. The van der Waals surface area contributed by atoms with E-state index in [2.05, 4.69) is 35.1 Å². The Bertz CT molecular complexity index is 1070. The van der Waals surface area contributed by atoms with E-state index >= 15 is 0 Å². The number of hydrogen-bond acceptors (Lipinski definition) is 6. The van der Waals surface area contributed by atoms with Crippen molar-refractivity contribution in [2.24, 2.45) is 5.41 Å². The van der Waals surface area contributed by atoms with Gasteiger partial charge in [0, 0.05) is 33.8 Å². The minimum Gasteiger partial charge on any atom is -0.493 e. The van der Waals surface area contributed by atoms with Gasteiger partial charge in [-0.1, -0.05) is 36.2 Å². The normalized spacial score (nSPS) is 22.8. The van der Waals surface area contributed by atoms with Crippen LogP contribution >= 0.6 is 15.9 Å². The molecule has 4 rings (SSSR count). The fourth-order valence-electron chi connectivity index (χ4n) is 5.51. The molecule has 0 aromatic heterocycles. The third-order valence-electron chi connectivity index (χ3n) is 7.10. The monoisotopic (exact) mass is 531 g/mol. The summed E-state index contributed by atoms with van der Waals surface area (Å²) in [5.74, 6) is 0.269. The summed E-state index contributed by atoms with van der Waals surface area (Å²) in [6, 6.07) is 3.69. The van der Waals surface area contributed by atoms with Crippen molar-refractivity contribution >= 4 is 27.7 Å². The molecule has 1 saturated carbocycles. The first-order chi connectivity index (χ1) is 16.1. The van der Waals surface area contributed by atoms with Gasteiger partial charge in [-0.3, -0.25) is 4.79 Å². The van der Waals surface area contributed by atoms with Crippen LogP contribution in [0.5, 0.6) is 11.5 Å². The fourth-order valence-corrected chi connectivity index (χ4v) is 6.06. The Morgan fingerprint density at radius 1 is 1.06 bits per heavy atom. The van der Waals surface area contributed by atoms with Gasteiger partial charge in [0.05, 0.1) is 19.8 Å². The summed E-state index contributed by atoms with van der Waals surface area (Å²) in [7, 11) is 3.16. The molecular weight excluding hydrogens is 498 g/mol. The SMILES string of the molecule is COc1cc(Br)c([C@@H]2C(C(=O)OC3CCCCC3)=C(C)NC3=C2C(=O)CC(C)(C)C3)cc1OC. The molecule has 1 aromatic carbocycles. The highest BCUT2D eigenvalue weighted by Gasteiger charge is 2.44. The summed E-state index contributed by atoms with van der Waals surface area (Å²) in [6.45, 7) is 6.10.